The molecule has 3 N–H and O–H groups in total. The van der Waals surface area contributed by atoms with Crippen molar-refractivity contribution in [3.63, 3.8) is 0 Å². The zero-order valence-electron chi connectivity index (χ0n) is 15.5. The number of carbonyl (C=O) groups excluding carboxylic acids is 1. The third-order valence-electron chi connectivity index (χ3n) is 3.85. The van der Waals surface area contributed by atoms with Crippen molar-refractivity contribution in [1.82, 2.24) is 15.6 Å². The number of aromatic nitrogens is 2. The first-order valence-corrected chi connectivity index (χ1v) is 8.59. The van der Waals surface area contributed by atoms with E-state index in [0.29, 0.717) is 23.6 Å². The normalized spacial score (nSPS) is 10.8. The Kier molecular flexibility index (Phi) is 5.91. The van der Waals surface area contributed by atoms with Crippen molar-refractivity contribution in [2.75, 3.05) is 13.7 Å². The van der Waals surface area contributed by atoms with Crippen molar-refractivity contribution in [2.24, 2.45) is 5.10 Å². The number of nitrogens with one attached hydrogen (secondary N) is 2. The van der Waals surface area contributed by atoms with Crippen molar-refractivity contribution in [2.45, 2.75) is 6.92 Å². The number of aromatic amines is 1. The molecule has 0 saturated carbocycles. The number of phenols is 1. The van der Waals surface area contributed by atoms with Crippen LogP contribution in [0.5, 0.6) is 17.2 Å². The van der Waals surface area contributed by atoms with Crippen LogP contribution in [0.3, 0.4) is 0 Å². The van der Waals surface area contributed by atoms with Gasteiger partial charge in [0.25, 0.3) is 5.91 Å². The molecule has 3 aromatic rings. The van der Waals surface area contributed by atoms with Crippen LogP contribution in [0, 0.1) is 0 Å². The van der Waals surface area contributed by atoms with Crippen molar-refractivity contribution < 1.29 is 19.4 Å². The maximum absolute atomic E-state index is 12.2. The number of ether oxygens (including phenoxy) is 2. The summed E-state index contributed by atoms with van der Waals surface area (Å²) in [5.41, 5.74) is 4.82. The molecule has 2 aromatic carbocycles. The van der Waals surface area contributed by atoms with Crippen LogP contribution in [0.15, 0.2) is 53.6 Å². The van der Waals surface area contributed by atoms with E-state index in [1.807, 2.05) is 31.2 Å². The second kappa shape index (κ2) is 8.72. The summed E-state index contributed by atoms with van der Waals surface area (Å²) in [6.07, 6.45) is 1.45. The highest BCUT2D eigenvalue weighted by atomic mass is 16.5. The number of aromatic hydroxyl groups is 1. The molecular weight excluding hydrogens is 360 g/mol. The van der Waals surface area contributed by atoms with Gasteiger partial charge in [0.05, 0.1) is 25.6 Å². The van der Waals surface area contributed by atoms with Gasteiger partial charge in [0.15, 0.2) is 11.5 Å². The highest BCUT2D eigenvalue weighted by Crippen LogP contribution is 2.25. The van der Waals surface area contributed by atoms with E-state index >= 15 is 0 Å². The van der Waals surface area contributed by atoms with E-state index in [-0.39, 0.29) is 11.4 Å². The summed E-state index contributed by atoms with van der Waals surface area (Å²) in [4.78, 5) is 12.2. The lowest BCUT2D eigenvalue weighted by atomic mass is 10.1. The number of hydrogen-bond acceptors (Lipinski definition) is 6. The number of hydrazone groups is 1. The molecule has 144 valence electrons. The first-order valence-electron chi connectivity index (χ1n) is 8.59. The average molecular weight is 380 g/mol. The molecule has 0 saturated heterocycles. The summed E-state index contributed by atoms with van der Waals surface area (Å²) >= 11 is 0. The SMILES string of the molecule is CCOc1cccc(-c2cc(C(=O)N/N=C/c3ccc(O)c(OC)c3)[nH]n2)c1. The minimum Gasteiger partial charge on any atom is -0.504 e. The smallest absolute Gasteiger partial charge is 0.289 e. The lowest BCUT2D eigenvalue weighted by Gasteiger charge is -2.03. The molecule has 0 aliphatic carbocycles. The zero-order valence-corrected chi connectivity index (χ0v) is 15.5. The molecule has 0 aliphatic rings. The van der Waals surface area contributed by atoms with Crippen LogP contribution in [-0.2, 0) is 0 Å². The van der Waals surface area contributed by atoms with Crippen molar-refractivity contribution in [1.29, 1.82) is 0 Å². The van der Waals surface area contributed by atoms with Gasteiger partial charge < -0.3 is 14.6 Å². The van der Waals surface area contributed by atoms with Gasteiger partial charge in [-0.2, -0.15) is 10.2 Å². The standard InChI is InChI=1S/C20H20N4O4/c1-3-28-15-6-4-5-14(10-15)16-11-17(23-22-16)20(26)24-21-12-13-7-8-18(25)19(9-13)27-2/h4-12,25H,3H2,1-2H3,(H,22,23)(H,24,26)/b21-12+. The second-order valence-electron chi connectivity index (χ2n) is 5.76. The maximum Gasteiger partial charge on any atom is 0.289 e. The fourth-order valence-electron chi connectivity index (χ4n) is 2.50. The Hall–Kier alpha value is -3.81. The Labute approximate surface area is 161 Å². The van der Waals surface area contributed by atoms with Crippen molar-refractivity contribution >= 4 is 12.1 Å². The molecule has 0 spiro atoms. The summed E-state index contributed by atoms with van der Waals surface area (Å²) in [6.45, 7) is 2.49. The van der Waals surface area contributed by atoms with Crippen molar-refractivity contribution in [3.05, 3.63) is 59.8 Å². The summed E-state index contributed by atoms with van der Waals surface area (Å²) in [7, 11) is 1.46. The highest BCUT2D eigenvalue weighted by molar-refractivity contribution is 5.94. The summed E-state index contributed by atoms with van der Waals surface area (Å²) < 4.78 is 10.5. The van der Waals surface area contributed by atoms with Gasteiger partial charge in [0.1, 0.15) is 11.4 Å². The number of rotatable bonds is 7. The summed E-state index contributed by atoms with van der Waals surface area (Å²) in [6, 6.07) is 13.8. The van der Waals surface area contributed by atoms with Crippen LogP contribution < -0.4 is 14.9 Å². The van der Waals surface area contributed by atoms with Gasteiger partial charge in [-0.1, -0.05) is 12.1 Å². The maximum atomic E-state index is 12.2. The van der Waals surface area contributed by atoms with Crippen LogP contribution in [0.4, 0.5) is 0 Å². The molecule has 0 fully saturated rings. The number of methoxy groups -OCH3 is 1. The van der Waals surface area contributed by atoms with Gasteiger partial charge in [-0.3, -0.25) is 9.89 Å². The van der Waals surface area contributed by atoms with Crippen molar-refractivity contribution in [3.8, 4) is 28.5 Å². The lowest BCUT2D eigenvalue weighted by Crippen LogP contribution is -2.18. The predicted octanol–water partition coefficient (Wildman–Crippen LogP) is 2.95. The number of benzene rings is 2. The summed E-state index contributed by atoms with van der Waals surface area (Å²) in [5.74, 6) is 0.662. The highest BCUT2D eigenvalue weighted by Gasteiger charge is 2.11. The Balaban J connectivity index is 1.66. The van der Waals surface area contributed by atoms with E-state index in [1.165, 1.54) is 19.4 Å². The molecule has 8 heteroatoms. The van der Waals surface area contributed by atoms with E-state index < -0.39 is 5.91 Å². The Morgan fingerprint density at radius 3 is 2.93 bits per heavy atom. The zero-order chi connectivity index (χ0) is 19.9. The third-order valence-corrected chi connectivity index (χ3v) is 3.85. The largest absolute Gasteiger partial charge is 0.504 e. The third kappa shape index (κ3) is 4.47. The number of phenolic OH excluding ortho intramolecular Hbond substituents is 1. The molecule has 1 heterocycles. The average Bonchev–Trinajstić information content (AvgIpc) is 3.20. The van der Waals surface area contributed by atoms with Gasteiger partial charge >= 0.3 is 0 Å². The lowest BCUT2D eigenvalue weighted by molar-refractivity contribution is 0.0950. The number of hydrogen-bond donors (Lipinski definition) is 3. The van der Waals surface area contributed by atoms with Crippen LogP contribution in [0.25, 0.3) is 11.3 Å². The molecule has 3 rings (SSSR count). The second-order valence-corrected chi connectivity index (χ2v) is 5.76. The number of nitrogens with zero attached hydrogens (tertiary/aromatic N) is 2. The molecule has 28 heavy (non-hydrogen) atoms. The van der Waals surface area contributed by atoms with Crippen LogP contribution in [0.2, 0.25) is 0 Å². The topological polar surface area (TPSA) is 109 Å². The fraction of sp³-hybridized carbons (Fsp3) is 0.150. The van der Waals surface area contributed by atoms with Gasteiger partial charge in [0, 0.05) is 5.56 Å². The number of amides is 1. The molecule has 1 amide bonds. The summed E-state index contributed by atoms with van der Waals surface area (Å²) in [5, 5.41) is 20.4. The minimum atomic E-state index is -0.429. The molecular formula is C20H20N4O4. The number of H-pyrrole nitrogens is 1. The minimum absolute atomic E-state index is 0.0297. The van der Waals surface area contributed by atoms with Crippen LogP contribution in [-0.4, -0.2) is 41.1 Å². The van der Waals surface area contributed by atoms with Gasteiger partial charge in [0.2, 0.25) is 0 Å². The van der Waals surface area contributed by atoms with E-state index in [4.69, 9.17) is 9.47 Å². The van der Waals surface area contributed by atoms with E-state index in [2.05, 4.69) is 20.7 Å². The number of carbonyl (C=O) groups is 1. The monoisotopic (exact) mass is 380 g/mol. The Morgan fingerprint density at radius 2 is 2.14 bits per heavy atom. The Morgan fingerprint density at radius 1 is 1.29 bits per heavy atom. The van der Waals surface area contributed by atoms with E-state index in [9.17, 15) is 9.90 Å². The van der Waals surface area contributed by atoms with Crippen LogP contribution in [0.1, 0.15) is 23.0 Å². The molecule has 0 atom stereocenters. The molecule has 0 unspecified atom stereocenters. The van der Waals surface area contributed by atoms with Gasteiger partial charge in [-0.25, -0.2) is 5.43 Å². The van der Waals surface area contributed by atoms with Gasteiger partial charge in [-0.15, -0.1) is 0 Å². The molecule has 0 bridgehead atoms. The molecule has 8 nitrogen and oxygen atoms in total. The first kappa shape index (κ1) is 19.0. The quantitative estimate of drug-likeness (QED) is 0.431. The fourth-order valence-corrected chi connectivity index (χ4v) is 2.50. The molecule has 0 aliphatic heterocycles. The Bertz CT molecular complexity index is 997. The van der Waals surface area contributed by atoms with E-state index in [0.717, 1.165) is 11.3 Å². The molecule has 1 aromatic heterocycles. The molecule has 0 radical (unpaired) electrons. The van der Waals surface area contributed by atoms with Gasteiger partial charge in [-0.05, 0) is 48.9 Å². The predicted molar refractivity (Wildman–Crippen MR) is 105 cm³/mol. The first-order chi connectivity index (χ1) is 13.6. The van der Waals surface area contributed by atoms with E-state index in [1.54, 1.807) is 18.2 Å². The van der Waals surface area contributed by atoms with Crippen LogP contribution >= 0.6 is 0 Å².